The maximum absolute atomic E-state index is 13.1. The zero-order valence-electron chi connectivity index (χ0n) is 18.0. The number of aromatic nitrogens is 1. The van der Waals surface area contributed by atoms with Crippen molar-refractivity contribution in [1.82, 2.24) is 14.4 Å². The lowest BCUT2D eigenvalue weighted by Gasteiger charge is -2.40. The van der Waals surface area contributed by atoms with Crippen LogP contribution in [0, 0.1) is 18.3 Å². The summed E-state index contributed by atoms with van der Waals surface area (Å²) >= 11 is 0. The van der Waals surface area contributed by atoms with Crippen LogP contribution in [0.15, 0.2) is 30.5 Å². The maximum Gasteiger partial charge on any atom is 0.232 e. The van der Waals surface area contributed by atoms with E-state index in [2.05, 4.69) is 30.0 Å². The van der Waals surface area contributed by atoms with E-state index in [1.165, 1.54) is 11.1 Å². The fourth-order valence-electron chi connectivity index (χ4n) is 4.99. The fraction of sp³-hybridized carbons (Fsp3) is 0.440. The molecule has 4 rings (SSSR count). The standard InChI is InChI=1S/C25H29N3O2/c1-5-8-12-23(29)28-16-17-14-22-20(19-10-9-11-21(28)24(17)19)13-18(15-26(22)4)25(30)27(6-2)7-3/h1,9-11,13,16,18,22H,6-8,12,14-15H2,2-4H3/t18-,22-/m1/s1. The van der Waals surface area contributed by atoms with Gasteiger partial charge in [-0.15, -0.1) is 12.3 Å². The number of carbonyl (C=O) groups excluding carboxylic acids is 2. The second kappa shape index (κ2) is 8.12. The molecule has 1 aromatic carbocycles. The molecule has 0 unspecified atom stereocenters. The highest BCUT2D eigenvalue weighted by Gasteiger charge is 2.37. The smallest absolute Gasteiger partial charge is 0.232 e. The third-order valence-electron chi connectivity index (χ3n) is 6.53. The molecule has 0 saturated heterocycles. The molecule has 1 amide bonds. The quantitative estimate of drug-likeness (QED) is 0.719. The third-order valence-corrected chi connectivity index (χ3v) is 6.53. The predicted octanol–water partition coefficient (Wildman–Crippen LogP) is 3.43. The molecule has 5 heteroatoms. The van der Waals surface area contributed by atoms with Crippen molar-refractivity contribution in [3.8, 4) is 12.3 Å². The van der Waals surface area contributed by atoms with E-state index in [4.69, 9.17) is 6.42 Å². The van der Waals surface area contributed by atoms with Gasteiger partial charge in [0, 0.05) is 50.1 Å². The Labute approximate surface area is 178 Å². The molecule has 0 bridgehead atoms. The summed E-state index contributed by atoms with van der Waals surface area (Å²) in [6.07, 6.45) is 11.2. The number of rotatable bonds is 5. The summed E-state index contributed by atoms with van der Waals surface area (Å²) in [7, 11) is 2.10. The van der Waals surface area contributed by atoms with Gasteiger partial charge >= 0.3 is 0 Å². The summed E-state index contributed by atoms with van der Waals surface area (Å²) < 4.78 is 1.77. The van der Waals surface area contributed by atoms with Crippen molar-refractivity contribution in [3.63, 3.8) is 0 Å². The SMILES string of the molecule is C#CCCC(=O)n1cc2c3c(cccc31)C1=C[C@@H](C(=O)N(CC)CC)CN(C)[C@@H]1C2. The summed E-state index contributed by atoms with van der Waals surface area (Å²) in [6.45, 7) is 6.22. The lowest BCUT2D eigenvalue weighted by atomic mass is 9.79. The van der Waals surface area contributed by atoms with Crippen molar-refractivity contribution in [2.45, 2.75) is 39.2 Å². The van der Waals surface area contributed by atoms with Crippen LogP contribution in [-0.2, 0) is 11.2 Å². The van der Waals surface area contributed by atoms with Crippen molar-refractivity contribution < 1.29 is 9.59 Å². The summed E-state index contributed by atoms with van der Waals surface area (Å²) in [5, 5.41) is 1.14. The Balaban J connectivity index is 1.79. The lowest BCUT2D eigenvalue weighted by Crippen LogP contribution is -2.47. The van der Waals surface area contributed by atoms with Gasteiger partial charge in [0.15, 0.2) is 0 Å². The highest BCUT2D eigenvalue weighted by atomic mass is 16.2. The lowest BCUT2D eigenvalue weighted by molar-refractivity contribution is -0.134. The second-order valence-electron chi connectivity index (χ2n) is 8.22. The van der Waals surface area contributed by atoms with E-state index in [1.807, 2.05) is 37.1 Å². The van der Waals surface area contributed by atoms with Crippen LogP contribution in [0.2, 0.25) is 0 Å². The van der Waals surface area contributed by atoms with Gasteiger partial charge in [0.25, 0.3) is 0 Å². The minimum Gasteiger partial charge on any atom is -0.343 e. The first kappa shape index (κ1) is 20.4. The molecule has 30 heavy (non-hydrogen) atoms. The molecular weight excluding hydrogens is 374 g/mol. The molecule has 2 atom stereocenters. The number of hydrogen-bond acceptors (Lipinski definition) is 3. The Hall–Kier alpha value is -2.84. The molecule has 1 aliphatic heterocycles. The summed E-state index contributed by atoms with van der Waals surface area (Å²) in [5.74, 6) is 2.64. The van der Waals surface area contributed by atoms with Crippen LogP contribution in [0.3, 0.4) is 0 Å². The van der Waals surface area contributed by atoms with Crippen LogP contribution in [0.25, 0.3) is 16.5 Å². The highest BCUT2D eigenvalue weighted by molar-refractivity contribution is 6.03. The Kier molecular flexibility index (Phi) is 5.53. The first-order chi connectivity index (χ1) is 14.5. The highest BCUT2D eigenvalue weighted by Crippen LogP contribution is 2.41. The van der Waals surface area contributed by atoms with Crippen LogP contribution in [0.4, 0.5) is 0 Å². The normalized spacial score (nSPS) is 20.4. The van der Waals surface area contributed by atoms with E-state index in [0.29, 0.717) is 12.8 Å². The third kappa shape index (κ3) is 3.26. The first-order valence-electron chi connectivity index (χ1n) is 10.8. The monoisotopic (exact) mass is 403 g/mol. The molecule has 0 radical (unpaired) electrons. The van der Waals surface area contributed by atoms with Crippen molar-refractivity contribution in [2.75, 3.05) is 26.7 Å². The van der Waals surface area contributed by atoms with Gasteiger partial charge < -0.3 is 4.90 Å². The number of amides is 1. The molecule has 2 aliphatic rings. The molecule has 1 aliphatic carbocycles. The first-order valence-corrected chi connectivity index (χ1v) is 10.8. The average Bonchev–Trinajstić information content (AvgIpc) is 3.13. The van der Waals surface area contributed by atoms with Crippen molar-refractivity contribution >= 4 is 28.3 Å². The topological polar surface area (TPSA) is 45.6 Å². The molecule has 156 valence electrons. The van der Waals surface area contributed by atoms with Crippen LogP contribution >= 0.6 is 0 Å². The average molecular weight is 404 g/mol. The maximum atomic E-state index is 13.1. The molecule has 5 nitrogen and oxygen atoms in total. The van der Waals surface area contributed by atoms with E-state index >= 15 is 0 Å². The summed E-state index contributed by atoms with van der Waals surface area (Å²) in [5.41, 5.74) is 4.48. The Morgan fingerprint density at radius 3 is 2.73 bits per heavy atom. The Morgan fingerprint density at radius 1 is 1.27 bits per heavy atom. The van der Waals surface area contributed by atoms with Crippen LogP contribution in [0.5, 0.6) is 0 Å². The second-order valence-corrected chi connectivity index (χ2v) is 8.22. The van der Waals surface area contributed by atoms with Gasteiger partial charge in [-0.25, -0.2) is 0 Å². The van der Waals surface area contributed by atoms with Crippen molar-refractivity contribution in [3.05, 3.63) is 41.6 Å². The number of fused-ring (bicyclic) bond motifs is 2. The van der Waals surface area contributed by atoms with Gasteiger partial charge in [0.2, 0.25) is 11.8 Å². The largest absolute Gasteiger partial charge is 0.343 e. The van der Waals surface area contributed by atoms with Gasteiger partial charge in [0.05, 0.1) is 11.4 Å². The summed E-state index contributed by atoms with van der Waals surface area (Å²) in [4.78, 5) is 30.0. The van der Waals surface area contributed by atoms with E-state index in [0.717, 1.165) is 42.5 Å². The number of terminal acetylenes is 1. The van der Waals surface area contributed by atoms with Gasteiger partial charge in [-0.3, -0.25) is 19.1 Å². The molecule has 0 N–H and O–H groups in total. The predicted molar refractivity (Wildman–Crippen MR) is 120 cm³/mol. The van der Waals surface area contributed by atoms with Gasteiger partial charge in [-0.2, -0.15) is 0 Å². The molecule has 1 aromatic heterocycles. The molecular formula is C25H29N3O2. The number of nitrogens with zero attached hydrogens (tertiary/aromatic N) is 3. The van der Waals surface area contributed by atoms with Gasteiger partial charge in [-0.1, -0.05) is 18.2 Å². The van der Waals surface area contributed by atoms with Crippen LogP contribution in [-0.4, -0.2) is 58.9 Å². The van der Waals surface area contributed by atoms with E-state index in [9.17, 15) is 9.59 Å². The zero-order valence-corrected chi connectivity index (χ0v) is 18.0. The fourth-order valence-corrected chi connectivity index (χ4v) is 4.99. The van der Waals surface area contributed by atoms with E-state index < -0.39 is 0 Å². The van der Waals surface area contributed by atoms with Crippen LogP contribution in [0.1, 0.15) is 42.6 Å². The van der Waals surface area contributed by atoms with Crippen molar-refractivity contribution in [2.24, 2.45) is 5.92 Å². The number of benzene rings is 1. The molecule has 0 spiro atoms. The molecule has 0 saturated carbocycles. The minimum atomic E-state index is -0.141. The Bertz CT molecular complexity index is 1070. The van der Waals surface area contributed by atoms with Gasteiger partial charge in [-0.05, 0) is 50.1 Å². The van der Waals surface area contributed by atoms with Crippen LogP contribution < -0.4 is 0 Å². The number of hydrogen-bond donors (Lipinski definition) is 0. The molecule has 0 fully saturated rings. The summed E-state index contributed by atoms with van der Waals surface area (Å²) in [6, 6.07) is 6.35. The molecule has 2 heterocycles. The number of likely N-dealkylation sites (N-methyl/N-ethyl adjacent to an activating group) is 1. The molecule has 2 aromatic rings. The minimum absolute atomic E-state index is 0.0307. The number of carbonyl (C=O) groups is 2. The van der Waals surface area contributed by atoms with E-state index in [1.54, 1.807) is 4.57 Å². The zero-order chi connectivity index (χ0) is 21.4. The van der Waals surface area contributed by atoms with Crippen molar-refractivity contribution in [1.29, 1.82) is 0 Å². The van der Waals surface area contributed by atoms with E-state index in [-0.39, 0.29) is 23.8 Å². The van der Waals surface area contributed by atoms with Gasteiger partial charge in [0.1, 0.15) is 0 Å². The Morgan fingerprint density at radius 2 is 2.03 bits per heavy atom.